The lowest BCUT2D eigenvalue weighted by molar-refractivity contribution is -0.113. The van der Waals surface area contributed by atoms with E-state index >= 15 is 0 Å². The van der Waals surface area contributed by atoms with E-state index in [2.05, 4.69) is 10.6 Å². The summed E-state index contributed by atoms with van der Waals surface area (Å²) in [6.07, 6.45) is 4.73. The summed E-state index contributed by atoms with van der Waals surface area (Å²) < 4.78 is 10.6. The van der Waals surface area contributed by atoms with E-state index in [0.29, 0.717) is 33.9 Å². The van der Waals surface area contributed by atoms with Gasteiger partial charge in [-0.15, -0.1) is 0 Å². The van der Waals surface area contributed by atoms with Crippen molar-refractivity contribution in [2.24, 2.45) is 0 Å². The van der Waals surface area contributed by atoms with Gasteiger partial charge in [0.15, 0.2) is 5.78 Å². The molecule has 3 aromatic carbocycles. The van der Waals surface area contributed by atoms with Gasteiger partial charge in [0.2, 0.25) is 0 Å². The van der Waals surface area contributed by atoms with Gasteiger partial charge in [-0.25, -0.2) is 0 Å². The minimum Gasteiger partial charge on any atom is -0.497 e. The van der Waals surface area contributed by atoms with Crippen molar-refractivity contribution >= 4 is 46.8 Å². The van der Waals surface area contributed by atoms with Crippen molar-refractivity contribution in [3.63, 3.8) is 0 Å². The van der Waals surface area contributed by atoms with Crippen molar-refractivity contribution in [1.29, 1.82) is 0 Å². The Morgan fingerprint density at radius 3 is 2.28 bits per heavy atom. The van der Waals surface area contributed by atoms with Crippen LogP contribution in [0, 0.1) is 0 Å². The maximum atomic E-state index is 13.1. The Morgan fingerprint density at radius 1 is 0.846 bits per heavy atom. The van der Waals surface area contributed by atoms with Crippen LogP contribution < -0.4 is 20.1 Å². The fraction of sp³-hybridized carbons (Fsp3) is 0.0645. The minimum atomic E-state index is -0.491. The Bertz CT molecular complexity index is 1510. The number of nitrogens with one attached hydrogen (secondary N) is 2. The van der Waals surface area contributed by atoms with E-state index in [4.69, 9.17) is 9.47 Å². The van der Waals surface area contributed by atoms with Crippen LogP contribution >= 0.6 is 11.3 Å². The highest BCUT2D eigenvalue weighted by atomic mass is 32.1. The minimum absolute atomic E-state index is 0.0950. The molecule has 1 aromatic heterocycles. The molecule has 0 unspecified atom stereocenters. The van der Waals surface area contributed by atoms with E-state index < -0.39 is 11.8 Å². The maximum absolute atomic E-state index is 13.1. The molecule has 2 amide bonds. The van der Waals surface area contributed by atoms with Gasteiger partial charge in [-0.05, 0) is 95.2 Å². The Labute approximate surface area is 230 Å². The van der Waals surface area contributed by atoms with Gasteiger partial charge in [0.05, 0.1) is 14.2 Å². The molecule has 4 aromatic rings. The standard InChI is InChI=1S/C31H26N2O5S/c1-37-26-13-15-29(38-2)24(19-26)10-14-28(34)22-8-11-25(12-9-22)32-31(36)27(18-21-16-17-39-20-21)33-30(35)23-6-4-3-5-7-23/h3-20H,1-2H3,(H,32,36)(H,33,35)/b14-10+,27-18-. The first-order chi connectivity index (χ1) is 19.0. The van der Waals surface area contributed by atoms with Crippen molar-refractivity contribution in [3.8, 4) is 11.5 Å². The van der Waals surface area contributed by atoms with E-state index in [1.54, 1.807) is 93.1 Å². The molecular formula is C31H26N2O5S. The number of allylic oxidation sites excluding steroid dienone is 1. The lowest BCUT2D eigenvalue weighted by atomic mass is 10.1. The lowest BCUT2D eigenvalue weighted by Gasteiger charge is -2.11. The fourth-order valence-electron chi connectivity index (χ4n) is 3.61. The zero-order valence-corrected chi connectivity index (χ0v) is 22.2. The maximum Gasteiger partial charge on any atom is 0.272 e. The van der Waals surface area contributed by atoms with Crippen molar-refractivity contribution < 1.29 is 23.9 Å². The summed E-state index contributed by atoms with van der Waals surface area (Å²) in [7, 11) is 3.13. The summed E-state index contributed by atoms with van der Waals surface area (Å²) in [6.45, 7) is 0. The molecule has 0 saturated carbocycles. The van der Waals surface area contributed by atoms with Crippen LogP contribution in [0.2, 0.25) is 0 Å². The molecule has 0 fully saturated rings. The molecule has 8 heteroatoms. The zero-order valence-electron chi connectivity index (χ0n) is 21.3. The van der Waals surface area contributed by atoms with Crippen LogP contribution in [-0.2, 0) is 4.79 Å². The highest BCUT2D eigenvalue weighted by molar-refractivity contribution is 7.08. The molecular weight excluding hydrogens is 512 g/mol. The van der Waals surface area contributed by atoms with Crippen LogP contribution in [0.3, 0.4) is 0 Å². The third kappa shape index (κ3) is 7.30. The number of ketones is 1. The molecule has 0 atom stereocenters. The third-order valence-corrected chi connectivity index (χ3v) is 6.36. The van der Waals surface area contributed by atoms with Crippen molar-refractivity contribution in [2.45, 2.75) is 0 Å². The number of anilines is 1. The molecule has 0 bridgehead atoms. The summed E-state index contributed by atoms with van der Waals surface area (Å²) in [4.78, 5) is 38.6. The number of methoxy groups -OCH3 is 2. The molecule has 2 N–H and O–H groups in total. The average molecular weight is 539 g/mol. The molecule has 196 valence electrons. The summed E-state index contributed by atoms with van der Waals surface area (Å²) in [5.74, 6) is 0.159. The quantitative estimate of drug-likeness (QED) is 0.189. The second-order valence-electron chi connectivity index (χ2n) is 8.27. The van der Waals surface area contributed by atoms with E-state index in [1.807, 2.05) is 22.9 Å². The Morgan fingerprint density at radius 2 is 1.62 bits per heavy atom. The Balaban J connectivity index is 1.46. The first-order valence-electron chi connectivity index (χ1n) is 11.9. The number of hydrogen-bond donors (Lipinski definition) is 2. The topological polar surface area (TPSA) is 93.7 Å². The van der Waals surface area contributed by atoms with Crippen LogP contribution in [0.15, 0.2) is 101 Å². The molecule has 0 spiro atoms. The summed E-state index contributed by atoms with van der Waals surface area (Å²) >= 11 is 1.48. The molecule has 1 heterocycles. The fourth-order valence-corrected chi connectivity index (χ4v) is 4.23. The summed E-state index contributed by atoms with van der Waals surface area (Å²) in [5.41, 5.74) is 2.94. The number of hydrogen-bond acceptors (Lipinski definition) is 6. The van der Waals surface area contributed by atoms with Crippen molar-refractivity contribution in [3.05, 3.63) is 124 Å². The van der Waals surface area contributed by atoms with Crippen molar-refractivity contribution in [1.82, 2.24) is 5.32 Å². The van der Waals surface area contributed by atoms with E-state index in [0.717, 1.165) is 5.56 Å². The average Bonchev–Trinajstić information content (AvgIpc) is 3.49. The van der Waals surface area contributed by atoms with E-state index in [-0.39, 0.29) is 11.5 Å². The Kier molecular flexibility index (Phi) is 9.05. The van der Waals surface area contributed by atoms with Gasteiger partial charge in [0, 0.05) is 22.4 Å². The third-order valence-electron chi connectivity index (χ3n) is 5.66. The summed E-state index contributed by atoms with van der Waals surface area (Å²) in [6, 6.07) is 22.3. The highest BCUT2D eigenvalue weighted by Crippen LogP contribution is 2.25. The number of carbonyl (C=O) groups is 3. The lowest BCUT2D eigenvalue weighted by Crippen LogP contribution is -2.30. The molecule has 0 aliphatic carbocycles. The molecule has 0 saturated heterocycles. The first-order valence-corrected chi connectivity index (χ1v) is 12.9. The zero-order chi connectivity index (χ0) is 27.6. The SMILES string of the molecule is COc1ccc(OC)c(/C=C/C(=O)c2ccc(NC(=O)/C(=C/c3ccsc3)NC(=O)c3ccccc3)cc2)c1. The first kappa shape index (κ1) is 27.1. The van der Waals surface area contributed by atoms with Gasteiger partial charge >= 0.3 is 0 Å². The van der Waals surface area contributed by atoms with Gasteiger partial charge in [0.1, 0.15) is 17.2 Å². The smallest absolute Gasteiger partial charge is 0.272 e. The van der Waals surface area contributed by atoms with E-state index in [9.17, 15) is 14.4 Å². The molecule has 0 aliphatic heterocycles. The number of amides is 2. The molecule has 7 nitrogen and oxygen atoms in total. The normalized spacial score (nSPS) is 11.2. The predicted octanol–water partition coefficient (Wildman–Crippen LogP) is 6.07. The van der Waals surface area contributed by atoms with Gasteiger partial charge in [0.25, 0.3) is 11.8 Å². The molecule has 0 radical (unpaired) electrons. The number of benzene rings is 3. The molecule has 39 heavy (non-hydrogen) atoms. The molecule has 4 rings (SSSR count). The number of rotatable bonds is 10. The Hall–Kier alpha value is -4.95. The monoisotopic (exact) mass is 538 g/mol. The van der Waals surface area contributed by atoms with E-state index in [1.165, 1.54) is 17.4 Å². The highest BCUT2D eigenvalue weighted by Gasteiger charge is 2.15. The van der Waals surface area contributed by atoms with Crippen LogP contribution in [0.25, 0.3) is 12.2 Å². The van der Waals surface area contributed by atoms with Crippen LogP contribution in [-0.4, -0.2) is 31.8 Å². The number of carbonyl (C=O) groups excluding carboxylic acids is 3. The number of thiophene rings is 1. The van der Waals surface area contributed by atoms with Crippen LogP contribution in [0.1, 0.15) is 31.8 Å². The van der Waals surface area contributed by atoms with Gasteiger partial charge in [-0.2, -0.15) is 11.3 Å². The van der Waals surface area contributed by atoms with Crippen LogP contribution in [0.5, 0.6) is 11.5 Å². The summed E-state index contributed by atoms with van der Waals surface area (Å²) in [5, 5.41) is 9.24. The second kappa shape index (κ2) is 13.0. The van der Waals surface area contributed by atoms with Crippen LogP contribution in [0.4, 0.5) is 5.69 Å². The second-order valence-corrected chi connectivity index (χ2v) is 9.05. The van der Waals surface area contributed by atoms with Gasteiger partial charge in [-0.1, -0.05) is 18.2 Å². The van der Waals surface area contributed by atoms with Gasteiger partial charge in [-0.3, -0.25) is 14.4 Å². The largest absolute Gasteiger partial charge is 0.497 e. The predicted molar refractivity (Wildman–Crippen MR) is 154 cm³/mol. The number of ether oxygens (including phenoxy) is 2. The van der Waals surface area contributed by atoms with Crippen molar-refractivity contribution in [2.75, 3.05) is 19.5 Å². The molecule has 0 aliphatic rings. The van der Waals surface area contributed by atoms with Gasteiger partial charge < -0.3 is 20.1 Å².